The number of aliphatic hydroxyl groups excluding tert-OH is 1. The number of nitrogens with zero attached hydrogens (tertiary/aromatic N) is 1. The minimum absolute atomic E-state index is 0.364. The van der Waals surface area contributed by atoms with Crippen molar-refractivity contribution in [1.82, 2.24) is 9.87 Å². The van der Waals surface area contributed by atoms with Crippen LogP contribution in [0.3, 0.4) is 0 Å². The minimum Gasteiger partial charge on any atom is -0.390 e. The molecular weight excluding hydrogens is 419 g/mol. The Morgan fingerprint density at radius 3 is 2.55 bits per heavy atom. The summed E-state index contributed by atoms with van der Waals surface area (Å²) in [5.41, 5.74) is 2.28. The van der Waals surface area contributed by atoms with E-state index < -0.39 is 32.9 Å². The SMILES string of the molecule is CCC(ONS(=O)(=O)c1cc(-c2ccccc2)ccc1F)C(O)CCc1cccnc1. The third-order valence-corrected chi connectivity index (χ3v) is 6.13. The summed E-state index contributed by atoms with van der Waals surface area (Å²) in [4.78, 5) is 10.8. The summed E-state index contributed by atoms with van der Waals surface area (Å²) in [6.07, 6.45) is 2.97. The van der Waals surface area contributed by atoms with Crippen LogP contribution in [0.15, 0.2) is 78.0 Å². The van der Waals surface area contributed by atoms with Gasteiger partial charge in [0.2, 0.25) is 0 Å². The Morgan fingerprint density at radius 1 is 1.10 bits per heavy atom. The Kier molecular flexibility index (Phi) is 7.86. The van der Waals surface area contributed by atoms with Crippen molar-refractivity contribution < 1.29 is 22.8 Å². The maximum Gasteiger partial charge on any atom is 0.265 e. The molecule has 1 heterocycles. The third kappa shape index (κ3) is 6.18. The van der Waals surface area contributed by atoms with Crippen LogP contribution in [-0.2, 0) is 21.3 Å². The molecule has 2 aromatic carbocycles. The number of hydrogen-bond acceptors (Lipinski definition) is 5. The third-order valence-electron chi connectivity index (χ3n) is 4.92. The van der Waals surface area contributed by atoms with Crippen molar-refractivity contribution in [3.8, 4) is 11.1 Å². The molecule has 164 valence electrons. The van der Waals surface area contributed by atoms with E-state index in [9.17, 15) is 17.9 Å². The molecule has 0 aliphatic carbocycles. The molecule has 0 bridgehead atoms. The molecule has 0 spiro atoms. The van der Waals surface area contributed by atoms with Crippen LogP contribution < -0.4 is 4.89 Å². The van der Waals surface area contributed by atoms with Crippen molar-refractivity contribution in [3.05, 3.63) is 84.4 Å². The summed E-state index contributed by atoms with van der Waals surface area (Å²) in [5, 5.41) is 10.4. The standard InChI is InChI=1S/C23H25FN2O4S/c1-2-22(21(27)13-10-17-7-6-14-25-16-17)30-26-31(28,29)23-15-19(11-12-20(23)24)18-8-4-3-5-9-18/h3-9,11-12,14-16,21-22,26-27H,2,10,13H2,1H3. The molecule has 2 unspecified atom stereocenters. The van der Waals surface area contributed by atoms with Gasteiger partial charge in [0.1, 0.15) is 16.8 Å². The van der Waals surface area contributed by atoms with Crippen LogP contribution in [0.25, 0.3) is 11.1 Å². The van der Waals surface area contributed by atoms with E-state index in [4.69, 9.17) is 4.84 Å². The smallest absolute Gasteiger partial charge is 0.265 e. The Balaban J connectivity index is 1.68. The summed E-state index contributed by atoms with van der Waals surface area (Å²) in [5.74, 6) is -0.888. The lowest BCUT2D eigenvalue weighted by molar-refractivity contribution is -0.0639. The van der Waals surface area contributed by atoms with Gasteiger partial charge in [-0.3, -0.25) is 9.82 Å². The zero-order chi connectivity index (χ0) is 22.3. The lowest BCUT2D eigenvalue weighted by Gasteiger charge is -2.22. The number of benzene rings is 2. The second-order valence-electron chi connectivity index (χ2n) is 7.13. The monoisotopic (exact) mass is 444 g/mol. The highest BCUT2D eigenvalue weighted by Crippen LogP contribution is 2.25. The molecule has 0 aliphatic rings. The van der Waals surface area contributed by atoms with Crippen LogP contribution >= 0.6 is 0 Å². The number of hydrogen-bond donors (Lipinski definition) is 2. The molecule has 0 aliphatic heterocycles. The van der Waals surface area contributed by atoms with Gasteiger partial charge in [0.25, 0.3) is 10.0 Å². The summed E-state index contributed by atoms with van der Waals surface area (Å²) < 4.78 is 39.7. The molecule has 6 nitrogen and oxygen atoms in total. The van der Waals surface area contributed by atoms with Gasteiger partial charge in [0.15, 0.2) is 0 Å². The Hall–Kier alpha value is -2.65. The zero-order valence-electron chi connectivity index (χ0n) is 17.1. The Bertz CT molecular complexity index is 1080. The maximum absolute atomic E-state index is 14.3. The van der Waals surface area contributed by atoms with E-state index in [0.717, 1.165) is 17.2 Å². The van der Waals surface area contributed by atoms with Crippen molar-refractivity contribution in [1.29, 1.82) is 0 Å². The van der Waals surface area contributed by atoms with Crippen molar-refractivity contribution in [2.24, 2.45) is 0 Å². The van der Waals surface area contributed by atoms with E-state index in [1.165, 1.54) is 12.1 Å². The quantitative estimate of drug-likeness (QED) is 0.464. The van der Waals surface area contributed by atoms with Crippen LogP contribution in [0, 0.1) is 5.82 Å². The number of halogens is 1. The van der Waals surface area contributed by atoms with Crippen molar-refractivity contribution in [3.63, 3.8) is 0 Å². The summed E-state index contributed by atoms with van der Waals surface area (Å²) >= 11 is 0. The topological polar surface area (TPSA) is 88.5 Å². The average molecular weight is 445 g/mol. The Labute approximate surface area is 181 Å². The van der Waals surface area contributed by atoms with Gasteiger partial charge in [-0.1, -0.05) is 54.3 Å². The number of aromatic nitrogens is 1. The van der Waals surface area contributed by atoms with E-state index >= 15 is 0 Å². The molecule has 0 saturated heterocycles. The average Bonchev–Trinajstić information content (AvgIpc) is 2.79. The summed E-state index contributed by atoms with van der Waals surface area (Å²) in [7, 11) is -4.30. The van der Waals surface area contributed by atoms with E-state index in [1.54, 1.807) is 31.5 Å². The molecule has 2 atom stereocenters. The van der Waals surface area contributed by atoms with Gasteiger partial charge in [-0.15, -0.1) is 0 Å². The highest BCUT2D eigenvalue weighted by atomic mass is 32.2. The largest absolute Gasteiger partial charge is 0.390 e. The van der Waals surface area contributed by atoms with Crippen LogP contribution in [0.2, 0.25) is 0 Å². The van der Waals surface area contributed by atoms with Crippen LogP contribution in [0.1, 0.15) is 25.3 Å². The second-order valence-corrected chi connectivity index (χ2v) is 8.74. The molecular formula is C23H25FN2O4S. The lowest BCUT2D eigenvalue weighted by Crippen LogP contribution is -2.37. The van der Waals surface area contributed by atoms with Crippen molar-refractivity contribution >= 4 is 10.0 Å². The van der Waals surface area contributed by atoms with Crippen LogP contribution in [0.4, 0.5) is 4.39 Å². The molecule has 8 heteroatoms. The first kappa shape index (κ1) is 23.0. The van der Waals surface area contributed by atoms with Gasteiger partial charge >= 0.3 is 0 Å². The van der Waals surface area contributed by atoms with E-state index in [0.29, 0.717) is 24.8 Å². The number of pyridine rings is 1. The summed E-state index contributed by atoms with van der Waals surface area (Å²) in [6, 6.07) is 16.7. The maximum atomic E-state index is 14.3. The first-order valence-electron chi connectivity index (χ1n) is 10.00. The van der Waals surface area contributed by atoms with Gasteiger partial charge in [-0.2, -0.15) is 0 Å². The van der Waals surface area contributed by atoms with E-state index in [-0.39, 0.29) is 0 Å². The van der Waals surface area contributed by atoms with Crippen LogP contribution in [0.5, 0.6) is 0 Å². The molecule has 1 aromatic heterocycles. The van der Waals surface area contributed by atoms with Crippen molar-refractivity contribution in [2.45, 2.75) is 43.3 Å². The fourth-order valence-corrected chi connectivity index (χ4v) is 4.12. The second kappa shape index (κ2) is 10.6. The molecule has 0 saturated carbocycles. The highest BCUT2D eigenvalue weighted by molar-refractivity contribution is 7.89. The zero-order valence-corrected chi connectivity index (χ0v) is 17.9. The fourth-order valence-electron chi connectivity index (χ4n) is 3.17. The Morgan fingerprint density at radius 2 is 1.87 bits per heavy atom. The fraction of sp³-hybridized carbons (Fsp3) is 0.261. The van der Waals surface area contributed by atoms with Gasteiger partial charge in [0.05, 0.1) is 6.10 Å². The van der Waals surface area contributed by atoms with Crippen molar-refractivity contribution in [2.75, 3.05) is 0 Å². The lowest BCUT2D eigenvalue weighted by atomic mass is 10.0. The van der Waals surface area contributed by atoms with Gasteiger partial charge in [-0.25, -0.2) is 12.8 Å². The van der Waals surface area contributed by atoms with Gasteiger partial charge < -0.3 is 5.11 Å². The molecule has 0 radical (unpaired) electrons. The molecule has 3 aromatic rings. The van der Waals surface area contributed by atoms with Gasteiger partial charge in [-0.05, 0) is 54.2 Å². The number of aliphatic hydroxyl groups is 1. The number of aryl methyl sites for hydroxylation is 1. The highest BCUT2D eigenvalue weighted by Gasteiger charge is 2.25. The van der Waals surface area contributed by atoms with E-state index in [1.807, 2.05) is 35.2 Å². The molecule has 31 heavy (non-hydrogen) atoms. The minimum atomic E-state index is -4.30. The molecule has 0 fully saturated rings. The van der Waals surface area contributed by atoms with Crippen LogP contribution in [-0.4, -0.2) is 30.7 Å². The predicted molar refractivity (Wildman–Crippen MR) is 116 cm³/mol. The molecule has 2 N–H and O–H groups in total. The van der Waals surface area contributed by atoms with E-state index in [2.05, 4.69) is 4.98 Å². The summed E-state index contributed by atoms with van der Waals surface area (Å²) in [6.45, 7) is 1.77. The predicted octanol–water partition coefficient (Wildman–Crippen LogP) is 3.87. The number of rotatable bonds is 10. The first-order chi connectivity index (χ1) is 14.9. The molecule has 0 amide bonds. The number of sulfonamides is 1. The van der Waals surface area contributed by atoms with Gasteiger partial charge in [0, 0.05) is 12.4 Å². The normalized spacial score (nSPS) is 13.6. The number of nitrogens with one attached hydrogen (secondary N) is 1. The first-order valence-corrected chi connectivity index (χ1v) is 11.5. The molecule has 3 rings (SSSR count).